The van der Waals surface area contributed by atoms with Crippen molar-refractivity contribution < 1.29 is 23.7 Å². The number of cyclic esters (lactones) is 2. The lowest BCUT2D eigenvalue weighted by molar-refractivity contribution is -0.267. The van der Waals surface area contributed by atoms with Gasteiger partial charge in [-0.05, 0) is 0 Å². The van der Waals surface area contributed by atoms with Crippen molar-refractivity contribution in [2.45, 2.75) is 5.79 Å². The number of hydrogen-bond donors (Lipinski definition) is 0. The molecule has 1 heterocycles. The average molecular weight is 162 g/mol. The number of carbonyl (C=O) groups excluding carboxylic acids is 1. The third-order valence-corrected chi connectivity index (χ3v) is 1.56. The molecular weight excluding hydrogens is 152 g/mol. The molecule has 5 nitrogen and oxygen atoms in total. The Hall–Kier alpha value is -0.810. The molecule has 0 aromatic heterocycles. The van der Waals surface area contributed by atoms with E-state index in [1.165, 1.54) is 14.2 Å². The van der Waals surface area contributed by atoms with Crippen LogP contribution in [0.15, 0.2) is 0 Å². The van der Waals surface area contributed by atoms with Crippen molar-refractivity contribution in [1.29, 1.82) is 0 Å². The highest BCUT2D eigenvalue weighted by Gasteiger charge is 2.37. The molecule has 0 radical (unpaired) electrons. The molecule has 0 amide bonds. The fraction of sp³-hybridized carbons (Fsp3) is 0.833. The van der Waals surface area contributed by atoms with Gasteiger partial charge in [0.15, 0.2) is 13.2 Å². The lowest BCUT2D eigenvalue weighted by Crippen LogP contribution is -2.48. The zero-order valence-electron chi connectivity index (χ0n) is 6.46. The molecule has 1 fully saturated rings. The average Bonchev–Trinajstić information content (AvgIpc) is 2.07. The second-order valence-corrected chi connectivity index (χ2v) is 2.15. The summed E-state index contributed by atoms with van der Waals surface area (Å²) < 4.78 is 19.0. The largest absolute Gasteiger partial charge is 0.508 e. The van der Waals surface area contributed by atoms with Crippen LogP contribution in [0.1, 0.15) is 0 Å². The van der Waals surface area contributed by atoms with Gasteiger partial charge in [-0.2, -0.15) is 0 Å². The van der Waals surface area contributed by atoms with Crippen LogP contribution in [0.2, 0.25) is 0 Å². The van der Waals surface area contributed by atoms with Crippen LogP contribution in [-0.2, 0) is 18.9 Å². The summed E-state index contributed by atoms with van der Waals surface area (Å²) in [6.07, 6.45) is -0.685. The van der Waals surface area contributed by atoms with Crippen LogP contribution in [0.5, 0.6) is 0 Å². The second-order valence-electron chi connectivity index (χ2n) is 2.15. The Bertz CT molecular complexity index is 139. The highest BCUT2D eigenvalue weighted by molar-refractivity contribution is 5.60. The predicted molar refractivity (Wildman–Crippen MR) is 34.0 cm³/mol. The number of ether oxygens (including phenoxy) is 4. The van der Waals surface area contributed by atoms with E-state index in [-0.39, 0.29) is 13.2 Å². The third-order valence-electron chi connectivity index (χ3n) is 1.56. The number of carbonyl (C=O) groups is 1. The van der Waals surface area contributed by atoms with Crippen LogP contribution in [0.25, 0.3) is 0 Å². The highest BCUT2D eigenvalue weighted by Crippen LogP contribution is 2.17. The summed E-state index contributed by atoms with van der Waals surface area (Å²) >= 11 is 0. The molecule has 1 aliphatic rings. The first-order valence-corrected chi connectivity index (χ1v) is 3.12. The number of rotatable bonds is 2. The molecule has 1 rings (SSSR count). The molecule has 1 aliphatic heterocycles. The Morgan fingerprint density at radius 1 is 1.27 bits per heavy atom. The SMILES string of the molecule is COC1(OC)COC(=O)OC1. The summed E-state index contributed by atoms with van der Waals surface area (Å²) in [7, 11) is 2.93. The maximum Gasteiger partial charge on any atom is 0.508 e. The molecule has 0 aliphatic carbocycles. The van der Waals surface area contributed by atoms with Crippen molar-refractivity contribution in [3.63, 3.8) is 0 Å². The quantitative estimate of drug-likeness (QED) is 0.427. The summed E-state index contributed by atoms with van der Waals surface area (Å²) in [6, 6.07) is 0. The molecule has 0 spiro atoms. The molecule has 1 saturated heterocycles. The van der Waals surface area contributed by atoms with Crippen LogP contribution in [0.3, 0.4) is 0 Å². The number of methoxy groups -OCH3 is 2. The van der Waals surface area contributed by atoms with Crippen molar-refractivity contribution in [2.24, 2.45) is 0 Å². The van der Waals surface area contributed by atoms with Gasteiger partial charge in [0.2, 0.25) is 5.79 Å². The van der Waals surface area contributed by atoms with Gasteiger partial charge in [-0.25, -0.2) is 4.79 Å². The van der Waals surface area contributed by atoms with Crippen LogP contribution >= 0.6 is 0 Å². The summed E-state index contributed by atoms with van der Waals surface area (Å²) in [5.74, 6) is -0.923. The molecular formula is C6H10O5. The molecule has 0 saturated carbocycles. The van der Waals surface area contributed by atoms with E-state index >= 15 is 0 Å². The lowest BCUT2D eigenvalue weighted by Gasteiger charge is -2.32. The number of hydrogen-bond acceptors (Lipinski definition) is 5. The monoisotopic (exact) mass is 162 g/mol. The smallest absolute Gasteiger partial charge is 0.428 e. The van der Waals surface area contributed by atoms with Crippen molar-refractivity contribution in [2.75, 3.05) is 27.4 Å². The Labute approximate surface area is 64.2 Å². The zero-order valence-corrected chi connectivity index (χ0v) is 6.46. The predicted octanol–water partition coefficient (Wildman–Crippen LogP) is 0.142. The molecule has 0 unspecified atom stereocenters. The Morgan fingerprint density at radius 3 is 2.09 bits per heavy atom. The molecule has 0 N–H and O–H groups in total. The topological polar surface area (TPSA) is 54.0 Å². The molecule has 0 atom stereocenters. The first kappa shape index (κ1) is 8.29. The van der Waals surface area contributed by atoms with Gasteiger partial charge in [0.25, 0.3) is 0 Å². The summed E-state index contributed by atoms with van der Waals surface area (Å²) in [4.78, 5) is 10.4. The van der Waals surface area contributed by atoms with Crippen molar-refractivity contribution >= 4 is 6.16 Å². The summed E-state index contributed by atoms with van der Waals surface area (Å²) in [5.41, 5.74) is 0. The Kier molecular flexibility index (Phi) is 2.31. The van der Waals surface area contributed by atoms with Gasteiger partial charge in [0.05, 0.1) is 0 Å². The highest BCUT2D eigenvalue weighted by atomic mass is 16.8. The molecule has 5 heteroatoms. The van der Waals surface area contributed by atoms with Crippen LogP contribution in [-0.4, -0.2) is 39.4 Å². The minimum Gasteiger partial charge on any atom is -0.428 e. The van der Waals surface area contributed by atoms with E-state index in [1.807, 2.05) is 0 Å². The Balaban J connectivity index is 2.52. The molecule has 64 valence electrons. The van der Waals surface area contributed by atoms with Gasteiger partial charge < -0.3 is 18.9 Å². The zero-order chi connectivity index (χ0) is 8.32. The minimum absolute atomic E-state index is 0.0683. The van der Waals surface area contributed by atoms with Crippen LogP contribution in [0, 0.1) is 0 Å². The van der Waals surface area contributed by atoms with Gasteiger partial charge in [0, 0.05) is 14.2 Å². The van der Waals surface area contributed by atoms with Crippen molar-refractivity contribution in [1.82, 2.24) is 0 Å². The minimum atomic E-state index is -0.923. The standard InChI is InChI=1S/C6H10O5/c1-8-6(9-2)3-10-5(7)11-4-6/h3-4H2,1-2H3. The fourth-order valence-electron chi connectivity index (χ4n) is 0.740. The molecule has 11 heavy (non-hydrogen) atoms. The van der Waals surface area contributed by atoms with Crippen LogP contribution < -0.4 is 0 Å². The van der Waals surface area contributed by atoms with E-state index in [1.54, 1.807) is 0 Å². The molecule has 0 bridgehead atoms. The van der Waals surface area contributed by atoms with Gasteiger partial charge in [-0.3, -0.25) is 0 Å². The van der Waals surface area contributed by atoms with Gasteiger partial charge in [-0.1, -0.05) is 0 Å². The van der Waals surface area contributed by atoms with Crippen molar-refractivity contribution in [3.8, 4) is 0 Å². The summed E-state index contributed by atoms with van der Waals surface area (Å²) in [6.45, 7) is 0.137. The fourth-order valence-corrected chi connectivity index (χ4v) is 0.740. The van der Waals surface area contributed by atoms with E-state index in [2.05, 4.69) is 9.47 Å². The first-order valence-electron chi connectivity index (χ1n) is 3.12. The van der Waals surface area contributed by atoms with Crippen molar-refractivity contribution in [3.05, 3.63) is 0 Å². The maximum absolute atomic E-state index is 10.4. The van der Waals surface area contributed by atoms with E-state index in [4.69, 9.17) is 9.47 Å². The van der Waals surface area contributed by atoms with Gasteiger partial charge in [0.1, 0.15) is 0 Å². The van der Waals surface area contributed by atoms with E-state index in [0.717, 1.165) is 0 Å². The van der Waals surface area contributed by atoms with E-state index in [0.29, 0.717) is 0 Å². The molecule has 0 aromatic rings. The third kappa shape index (κ3) is 1.61. The summed E-state index contributed by atoms with van der Waals surface area (Å²) in [5, 5.41) is 0. The Morgan fingerprint density at radius 2 is 1.73 bits per heavy atom. The van der Waals surface area contributed by atoms with Crippen LogP contribution in [0.4, 0.5) is 4.79 Å². The maximum atomic E-state index is 10.4. The second kappa shape index (κ2) is 3.06. The van der Waals surface area contributed by atoms with E-state index < -0.39 is 11.9 Å². The van der Waals surface area contributed by atoms with Gasteiger partial charge >= 0.3 is 6.16 Å². The lowest BCUT2D eigenvalue weighted by atomic mass is 10.3. The normalized spacial score (nSPS) is 22.2. The first-order chi connectivity index (χ1) is 5.22. The van der Waals surface area contributed by atoms with Gasteiger partial charge in [-0.15, -0.1) is 0 Å². The molecule has 0 aromatic carbocycles. The van der Waals surface area contributed by atoms with E-state index in [9.17, 15) is 4.79 Å².